The molecule has 18 heavy (non-hydrogen) atoms. The summed E-state index contributed by atoms with van der Waals surface area (Å²) in [5, 5.41) is 4.10. The van der Waals surface area contributed by atoms with Crippen LogP contribution in [0.1, 0.15) is 50.2 Å². The predicted octanol–water partition coefficient (Wildman–Crippen LogP) is 1.88. The van der Waals surface area contributed by atoms with Crippen LogP contribution in [0.5, 0.6) is 0 Å². The van der Waals surface area contributed by atoms with Gasteiger partial charge in [-0.25, -0.2) is 0 Å². The van der Waals surface area contributed by atoms with Gasteiger partial charge in [0.15, 0.2) is 5.82 Å². The van der Waals surface area contributed by atoms with E-state index in [0.29, 0.717) is 24.8 Å². The van der Waals surface area contributed by atoms with Crippen molar-refractivity contribution in [1.29, 1.82) is 0 Å². The zero-order chi connectivity index (χ0) is 13.0. The maximum atomic E-state index is 5.87. The molecular formula is C13H23N3O2. The largest absolute Gasteiger partial charge is 0.383 e. The number of hydrogen-bond acceptors (Lipinski definition) is 5. The average Bonchev–Trinajstić information content (AvgIpc) is 2.78. The Morgan fingerprint density at radius 3 is 2.78 bits per heavy atom. The summed E-state index contributed by atoms with van der Waals surface area (Å²) in [4.78, 5) is 4.47. The van der Waals surface area contributed by atoms with Crippen molar-refractivity contribution in [3.05, 3.63) is 11.7 Å². The third-order valence-corrected chi connectivity index (χ3v) is 3.68. The minimum Gasteiger partial charge on any atom is -0.383 e. The quantitative estimate of drug-likeness (QED) is 0.867. The van der Waals surface area contributed by atoms with Crippen molar-refractivity contribution in [3.63, 3.8) is 0 Å². The molecule has 1 heterocycles. The van der Waals surface area contributed by atoms with Crippen molar-refractivity contribution >= 4 is 0 Å². The van der Waals surface area contributed by atoms with Gasteiger partial charge in [0.2, 0.25) is 5.89 Å². The molecule has 1 aliphatic carbocycles. The van der Waals surface area contributed by atoms with E-state index >= 15 is 0 Å². The van der Waals surface area contributed by atoms with E-state index in [1.54, 1.807) is 7.11 Å². The highest BCUT2D eigenvalue weighted by Gasteiger charge is 2.24. The van der Waals surface area contributed by atoms with Gasteiger partial charge in [-0.2, -0.15) is 4.98 Å². The second-order valence-electron chi connectivity index (χ2n) is 5.42. The van der Waals surface area contributed by atoms with Gasteiger partial charge in [-0.05, 0) is 18.8 Å². The Morgan fingerprint density at radius 1 is 1.39 bits per heavy atom. The van der Waals surface area contributed by atoms with Gasteiger partial charge in [0.05, 0.1) is 6.61 Å². The minimum atomic E-state index is -0.0744. The Hall–Kier alpha value is -0.940. The molecule has 0 aromatic carbocycles. The van der Waals surface area contributed by atoms with Gasteiger partial charge in [0.1, 0.15) is 0 Å². The molecule has 2 N–H and O–H groups in total. The molecule has 0 amide bonds. The number of methoxy groups -OCH3 is 1. The Kier molecular flexibility index (Phi) is 4.72. The number of ether oxygens (including phenoxy) is 1. The highest BCUT2D eigenvalue weighted by Crippen LogP contribution is 2.33. The number of rotatable bonds is 5. The van der Waals surface area contributed by atoms with E-state index in [0.717, 1.165) is 11.7 Å². The van der Waals surface area contributed by atoms with Gasteiger partial charge < -0.3 is 15.0 Å². The number of aromatic nitrogens is 2. The average molecular weight is 253 g/mol. The Bertz CT molecular complexity index is 359. The summed E-state index contributed by atoms with van der Waals surface area (Å²) >= 11 is 0. The van der Waals surface area contributed by atoms with Gasteiger partial charge >= 0.3 is 0 Å². The molecule has 102 valence electrons. The zero-order valence-corrected chi connectivity index (χ0v) is 11.3. The normalized spacial score (nSPS) is 26.2. The van der Waals surface area contributed by atoms with Crippen LogP contribution >= 0.6 is 0 Å². The van der Waals surface area contributed by atoms with Crippen molar-refractivity contribution in [2.24, 2.45) is 11.7 Å². The van der Waals surface area contributed by atoms with E-state index in [2.05, 4.69) is 17.1 Å². The molecule has 1 aromatic heterocycles. The fraction of sp³-hybridized carbons (Fsp3) is 0.846. The molecule has 1 fully saturated rings. The molecule has 0 bridgehead atoms. The van der Waals surface area contributed by atoms with E-state index < -0.39 is 0 Å². The molecule has 0 aliphatic heterocycles. The first-order chi connectivity index (χ1) is 8.69. The van der Waals surface area contributed by atoms with Crippen LogP contribution in [0, 0.1) is 5.92 Å². The first-order valence-electron chi connectivity index (χ1n) is 6.76. The number of hydrogen-bond donors (Lipinski definition) is 1. The number of nitrogens with two attached hydrogens (primary N) is 1. The third kappa shape index (κ3) is 3.53. The topological polar surface area (TPSA) is 74.2 Å². The summed E-state index contributed by atoms with van der Waals surface area (Å²) in [6.07, 6.45) is 5.45. The summed E-state index contributed by atoms with van der Waals surface area (Å²) in [5.41, 5.74) is 5.87. The van der Waals surface area contributed by atoms with Crippen LogP contribution in [0.2, 0.25) is 0 Å². The van der Waals surface area contributed by atoms with Crippen molar-refractivity contribution in [2.45, 2.75) is 51.0 Å². The lowest BCUT2D eigenvalue weighted by molar-refractivity contribution is 0.176. The molecule has 1 unspecified atom stereocenters. The van der Waals surface area contributed by atoms with E-state index in [1.807, 2.05) is 0 Å². The maximum Gasteiger partial charge on any atom is 0.228 e. The lowest BCUT2D eigenvalue weighted by atomic mass is 9.83. The van der Waals surface area contributed by atoms with Gasteiger partial charge in [-0.1, -0.05) is 24.9 Å². The molecule has 0 saturated heterocycles. The molecule has 1 saturated carbocycles. The maximum absolute atomic E-state index is 5.87. The Morgan fingerprint density at radius 2 is 2.11 bits per heavy atom. The molecule has 0 radical (unpaired) electrons. The lowest BCUT2D eigenvalue weighted by Gasteiger charge is -2.23. The van der Waals surface area contributed by atoms with Crippen LogP contribution in [0.15, 0.2) is 4.52 Å². The summed E-state index contributed by atoms with van der Waals surface area (Å²) in [6.45, 7) is 2.82. The number of nitrogens with zero attached hydrogens (tertiary/aromatic N) is 2. The van der Waals surface area contributed by atoms with Crippen LogP contribution in [0.4, 0.5) is 0 Å². The van der Waals surface area contributed by atoms with Gasteiger partial charge in [-0.3, -0.25) is 0 Å². The predicted molar refractivity (Wildman–Crippen MR) is 68.2 cm³/mol. The van der Waals surface area contributed by atoms with Crippen molar-refractivity contribution in [3.8, 4) is 0 Å². The second-order valence-corrected chi connectivity index (χ2v) is 5.42. The highest BCUT2D eigenvalue weighted by molar-refractivity contribution is 4.98. The fourth-order valence-corrected chi connectivity index (χ4v) is 2.53. The monoisotopic (exact) mass is 253 g/mol. The van der Waals surface area contributed by atoms with E-state index in [4.69, 9.17) is 15.0 Å². The van der Waals surface area contributed by atoms with E-state index in [1.165, 1.54) is 25.7 Å². The molecule has 0 spiro atoms. The Balaban J connectivity index is 1.89. The summed E-state index contributed by atoms with van der Waals surface area (Å²) < 4.78 is 10.3. The first-order valence-corrected chi connectivity index (χ1v) is 6.76. The van der Waals surface area contributed by atoms with Crippen LogP contribution in [-0.2, 0) is 11.2 Å². The molecule has 1 atom stereocenters. The van der Waals surface area contributed by atoms with Crippen LogP contribution in [0.3, 0.4) is 0 Å². The van der Waals surface area contributed by atoms with E-state index in [-0.39, 0.29) is 6.04 Å². The standard InChI is InChI=1S/C13H23N3O2/c1-9-3-5-10(6-4-9)13-15-12(18-16-13)7-11(14)8-17-2/h9-11H,3-8,14H2,1-2H3. The highest BCUT2D eigenvalue weighted by atomic mass is 16.5. The third-order valence-electron chi connectivity index (χ3n) is 3.68. The van der Waals surface area contributed by atoms with Gasteiger partial charge in [0, 0.05) is 25.5 Å². The van der Waals surface area contributed by atoms with Crippen LogP contribution < -0.4 is 5.73 Å². The van der Waals surface area contributed by atoms with Crippen LogP contribution in [0.25, 0.3) is 0 Å². The molecule has 5 heteroatoms. The Labute approximate surface area is 108 Å². The fourth-order valence-electron chi connectivity index (χ4n) is 2.53. The zero-order valence-electron chi connectivity index (χ0n) is 11.3. The molecule has 5 nitrogen and oxygen atoms in total. The molecular weight excluding hydrogens is 230 g/mol. The summed E-state index contributed by atoms with van der Waals surface area (Å²) in [6, 6.07) is -0.0744. The smallest absolute Gasteiger partial charge is 0.228 e. The first kappa shape index (κ1) is 13.5. The minimum absolute atomic E-state index is 0.0744. The van der Waals surface area contributed by atoms with Crippen molar-refractivity contribution in [2.75, 3.05) is 13.7 Å². The SMILES string of the molecule is COCC(N)Cc1nc(C2CCC(C)CC2)no1. The molecule has 1 aliphatic rings. The van der Waals surface area contributed by atoms with Gasteiger partial charge in [-0.15, -0.1) is 0 Å². The van der Waals surface area contributed by atoms with Crippen molar-refractivity contribution < 1.29 is 9.26 Å². The molecule has 1 aromatic rings. The van der Waals surface area contributed by atoms with E-state index in [9.17, 15) is 0 Å². The molecule has 2 rings (SSSR count). The van der Waals surface area contributed by atoms with Gasteiger partial charge in [0.25, 0.3) is 0 Å². The lowest BCUT2D eigenvalue weighted by Crippen LogP contribution is -2.28. The second kappa shape index (κ2) is 6.29. The van der Waals surface area contributed by atoms with Crippen LogP contribution in [-0.4, -0.2) is 29.9 Å². The summed E-state index contributed by atoms with van der Waals surface area (Å²) in [5.74, 6) is 2.80. The van der Waals surface area contributed by atoms with Crippen molar-refractivity contribution in [1.82, 2.24) is 10.1 Å². The summed E-state index contributed by atoms with van der Waals surface area (Å²) in [7, 11) is 1.64.